The summed E-state index contributed by atoms with van der Waals surface area (Å²) in [7, 11) is 0. The number of aromatic nitrogens is 2. The average Bonchev–Trinajstić information content (AvgIpc) is 2.71. The van der Waals surface area contributed by atoms with Gasteiger partial charge in [-0.25, -0.2) is 9.37 Å². The monoisotopic (exact) mass is 264 g/mol. The van der Waals surface area contributed by atoms with Crippen molar-refractivity contribution in [3.8, 4) is 0 Å². The average molecular weight is 264 g/mol. The molecule has 0 aliphatic carbocycles. The van der Waals surface area contributed by atoms with Crippen LogP contribution in [0.1, 0.15) is 19.8 Å². The minimum absolute atomic E-state index is 0.0421. The summed E-state index contributed by atoms with van der Waals surface area (Å²) in [4.78, 5) is 15.5. The third-order valence-electron chi connectivity index (χ3n) is 2.89. The normalized spacial score (nSPS) is 10.8. The number of benzene rings is 1. The number of carbonyl (C=O) groups is 1. The zero-order valence-electron chi connectivity index (χ0n) is 10.8. The second kappa shape index (κ2) is 5.69. The number of imidazole rings is 1. The maximum absolute atomic E-state index is 13.5. The van der Waals surface area contributed by atoms with Crippen LogP contribution in [0.4, 0.5) is 10.3 Å². The first-order valence-corrected chi connectivity index (χ1v) is 6.30. The first kappa shape index (κ1) is 13.3. The molecule has 1 aromatic carbocycles. The molecule has 0 atom stereocenters. The van der Waals surface area contributed by atoms with Gasteiger partial charge in [0.2, 0.25) is 11.9 Å². The molecule has 0 unspecified atom stereocenters. The number of nitrogens with one attached hydrogen (secondary N) is 1. The number of aryl methyl sites for hydroxylation is 1. The van der Waals surface area contributed by atoms with Gasteiger partial charge in [-0.2, -0.15) is 0 Å². The van der Waals surface area contributed by atoms with Crippen molar-refractivity contribution in [2.24, 2.45) is 0 Å². The van der Waals surface area contributed by atoms with Gasteiger partial charge < -0.3 is 15.6 Å². The zero-order chi connectivity index (χ0) is 13.8. The summed E-state index contributed by atoms with van der Waals surface area (Å²) in [6.45, 7) is 3.04. The third-order valence-corrected chi connectivity index (χ3v) is 2.89. The second-order valence-electron chi connectivity index (χ2n) is 4.33. The van der Waals surface area contributed by atoms with Gasteiger partial charge in [0.15, 0.2) is 5.82 Å². The molecule has 2 rings (SSSR count). The van der Waals surface area contributed by atoms with Crippen molar-refractivity contribution in [2.75, 3.05) is 12.3 Å². The van der Waals surface area contributed by atoms with Gasteiger partial charge in [0, 0.05) is 19.5 Å². The van der Waals surface area contributed by atoms with Gasteiger partial charge >= 0.3 is 0 Å². The largest absolute Gasteiger partial charge is 0.369 e. The Morgan fingerprint density at radius 2 is 2.32 bits per heavy atom. The van der Waals surface area contributed by atoms with Crippen LogP contribution in [-0.2, 0) is 11.3 Å². The van der Waals surface area contributed by atoms with Crippen LogP contribution in [0.5, 0.6) is 0 Å². The minimum Gasteiger partial charge on any atom is -0.369 e. The number of fused-ring (bicyclic) bond motifs is 1. The molecule has 0 aliphatic heterocycles. The van der Waals surface area contributed by atoms with Crippen molar-refractivity contribution in [2.45, 2.75) is 26.3 Å². The van der Waals surface area contributed by atoms with Crippen LogP contribution in [0, 0.1) is 5.82 Å². The van der Waals surface area contributed by atoms with E-state index in [0.717, 1.165) is 6.42 Å². The predicted molar refractivity (Wildman–Crippen MR) is 72.0 cm³/mol. The first-order valence-electron chi connectivity index (χ1n) is 6.30. The summed E-state index contributed by atoms with van der Waals surface area (Å²) in [5.74, 6) is -0.221. The van der Waals surface area contributed by atoms with E-state index in [-0.39, 0.29) is 17.4 Å². The van der Waals surface area contributed by atoms with Crippen molar-refractivity contribution in [3.05, 3.63) is 24.0 Å². The Morgan fingerprint density at radius 3 is 3.05 bits per heavy atom. The maximum atomic E-state index is 13.5. The molecular weight excluding hydrogens is 247 g/mol. The third kappa shape index (κ3) is 2.83. The molecule has 0 spiro atoms. The number of hydrogen-bond donors (Lipinski definition) is 2. The van der Waals surface area contributed by atoms with E-state index in [2.05, 4.69) is 10.3 Å². The summed E-state index contributed by atoms with van der Waals surface area (Å²) >= 11 is 0. The van der Waals surface area contributed by atoms with Crippen molar-refractivity contribution in [1.29, 1.82) is 0 Å². The quantitative estimate of drug-likeness (QED) is 0.862. The first-order chi connectivity index (χ1) is 9.13. The molecule has 0 fully saturated rings. The molecule has 0 saturated heterocycles. The molecule has 19 heavy (non-hydrogen) atoms. The van der Waals surface area contributed by atoms with E-state index in [4.69, 9.17) is 5.73 Å². The van der Waals surface area contributed by atoms with Crippen molar-refractivity contribution >= 4 is 22.9 Å². The maximum Gasteiger partial charge on any atom is 0.221 e. The standard InChI is InChI=1S/C13H17FN4O/c1-2-7-16-11(19)6-8-18-10-5-3-4-9(14)12(10)17-13(18)15/h3-5H,2,6-8H2,1H3,(H2,15,17)(H,16,19). The molecule has 0 bridgehead atoms. The molecule has 1 heterocycles. The van der Waals surface area contributed by atoms with Gasteiger partial charge in [0.05, 0.1) is 5.52 Å². The number of para-hydroxylation sites is 1. The highest BCUT2D eigenvalue weighted by atomic mass is 19.1. The molecule has 6 heteroatoms. The number of nitrogen functional groups attached to an aromatic ring is 1. The summed E-state index contributed by atoms with van der Waals surface area (Å²) in [5.41, 5.74) is 6.62. The highest BCUT2D eigenvalue weighted by Crippen LogP contribution is 2.20. The van der Waals surface area contributed by atoms with Gasteiger partial charge in [-0.1, -0.05) is 13.0 Å². The molecule has 1 amide bonds. The van der Waals surface area contributed by atoms with E-state index in [9.17, 15) is 9.18 Å². The summed E-state index contributed by atoms with van der Waals surface area (Å²) in [6.07, 6.45) is 1.19. The molecule has 102 valence electrons. The smallest absolute Gasteiger partial charge is 0.221 e. The lowest BCUT2D eigenvalue weighted by Gasteiger charge is -2.07. The Labute approximate surface area is 110 Å². The highest BCUT2D eigenvalue weighted by molar-refractivity contribution is 5.80. The fourth-order valence-corrected chi connectivity index (χ4v) is 1.93. The van der Waals surface area contributed by atoms with Crippen LogP contribution in [0.2, 0.25) is 0 Å². The van der Waals surface area contributed by atoms with Crippen LogP contribution < -0.4 is 11.1 Å². The predicted octanol–water partition coefficient (Wildman–Crippen LogP) is 1.67. The zero-order valence-corrected chi connectivity index (χ0v) is 10.8. The number of halogens is 1. The van der Waals surface area contributed by atoms with E-state index in [1.54, 1.807) is 16.7 Å². The van der Waals surface area contributed by atoms with Gasteiger partial charge in [-0.3, -0.25) is 4.79 Å². The number of amides is 1. The van der Waals surface area contributed by atoms with Gasteiger partial charge in [-0.15, -0.1) is 0 Å². The van der Waals surface area contributed by atoms with Gasteiger partial charge in [0.1, 0.15) is 5.52 Å². The highest BCUT2D eigenvalue weighted by Gasteiger charge is 2.12. The number of nitrogens with two attached hydrogens (primary N) is 1. The Morgan fingerprint density at radius 1 is 1.53 bits per heavy atom. The lowest BCUT2D eigenvalue weighted by atomic mass is 10.3. The Balaban J connectivity index is 2.15. The van der Waals surface area contributed by atoms with E-state index in [0.29, 0.717) is 25.0 Å². The summed E-state index contributed by atoms with van der Waals surface area (Å²) in [5, 5.41) is 2.79. The lowest BCUT2D eigenvalue weighted by Crippen LogP contribution is -2.25. The number of rotatable bonds is 5. The van der Waals surface area contributed by atoms with E-state index in [1.807, 2.05) is 6.92 Å². The van der Waals surface area contributed by atoms with Crippen LogP contribution in [0.25, 0.3) is 11.0 Å². The molecule has 0 aliphatic rings. The number of carbonyl (C=O) groups excluding carboxylic acids is 1. The van der Waals surface area contributed by atoms with Crippen molar-refractivity contribution in [1.82, 2.24) is 14.9 Å². The Kier molecular flexibility index (Phi) is 3.99. The second-order valence-corrected chi connectivity index (χ2v) is 4.33. The molecule has 2 aromatic rings. The van der Waals surface area contributed by atoms with Crippen LogP contribution >= 0.6 is 0 Å². The number of nitrogens with zero attached hydrogens (tertiary/aromatic N) is 2. The summed E-state index contributed by atoms with van der Waals surface area (Å²) in [6, 6.07) is 4.69. The fraction of sp³-hybridized carbons (Fsp3) is 0.385. The molecule has 3 N–H and O–H groups in total. The summed E-state index contributed by atoms with van der Waals surface area (Å²) < 4.78 is 15.2. The minimum atomic E-state index is -0.404. The van der Waals surface area contributed by atoms with E-state index in [1.165, 1.54) is 6.07 Å². The fourth-order valence-electron chi connectivity index (χ4n) is 1.93. The van der Waals surface area contributed by atoms with E-state index < -0.39 is 5.82 Å². The topological polar surface area (TPSA) is 72.9 Å². The molecular formula is C13H17FN4O. The lowest BCUT2D eigenvalue weighted by molar-refractivity contribution is -0.121. The molecule has 5 nitrogen and oxygen atoms in total. The number of anilines is 1. The van der Waals surface area contributed by atoms with E-state index >= 15 is 0 Å². The molecule has 1 aromatic heterocycles. The molecule has 0 radical (unpaired) electrons. The van der Waals surface area contributed by atoms with Gasteiger partial charge in [-0.05, 0) is 18.6 Å². The van der Waals surface area contributed by atoms with Crippen molar-refractivity contribution < 1.29 is 9.18 Å². The van der Waals surface area contributed by atoms with Crippen LogP contribution in [0.15, 0.2) is 18.2 Å². The van der Waals surface area contributed by atoms with Crippen LogP contribution in [-0.4, -0.2) is 22.0 Å². The molecule has 0 saturated carbocycles. The Bertz CT molecular complexity index is 594. The van der Waals surface area contributed by atoms with Crippen molar-refractivity contribution in [3.63, 3.8) is 0 Å². The van der Waals surface area contributed by atoms with Crippen LogP contribution in [0.3, 0.4) is 0 Å². The SMILES string of the molecule is CCCNC(=O)CCn1c(N)nc2c(F)cccc21. The van der Waals surface area contributed by atoms with Gasteiger partial charge in [0.25, 0.3) is 0 Å². The Hall–Kier alpha value is -2.11. The number of hydrogen-bond acceptors (Lipinski definition) is 3.